The van der Waals surface area contributed by atoms with Gasteiger partial charge in [0.1, 0.15) is 6.10 Å². The molecule has 1 saturated heterocycles. The summed E-state index contributed by atoms with van der Waals surface area (Å²) in [5.74, 6) is 4.69. The fraction of sp³-hybridized carbons (Fsp3) is 0.462. The van der Waals surface area contributed by atoms with Crippen molar-refractivity contribution in [1.29, 1.82) is 0 Å². The quantitative estimate of drug-likeness (QED) is 0.602. The van der Waals surface area contributed by atoms with Crippen LogP contribution in [0.2, 0.25) is 0 Å². The average molecular weight is 261 g/mol. The van der Waals surface area contributed by atoms with Gasteiger partial charge in [0.15, 0.2) is 5.69 Å². The number of rotatable bonds is 2. The predicted octanol–water partition coefficient (Wildman–Crippen LogP) is 0.132. The number of carbonyl (C=O) groups excluding carboxylic acids is 1. The molecule has 1 N–H and O–H groups in total. The summed E-state index contributed by atoms with van der Waals surface area (Å²) in [5, 5.41) is 3.26. The molecule has 1 aromatic rings. The van der Waals surface area contributed by atoms with Crippen molar-refractivity contribution in [2.45, 2.75) is 18.9 Å². The van der Waals surface area contributed by atoms with Gasteiger partial charge in [0.25, 0.3) is 0 Å². The van der Waals surface area contributed by atoms with E-state index in [9.17, 15) is 4.79 Å². The molecule has 19 heavy (non-hydrogen) atoms. The first-order valence-corrected chi connectivity index (χ1v) is 6.08. The van der Waals surface area contributed by atoms with E-state index in [1.54, 1.807) is 6.20 Å². The molecule has 0 spiro atoms. The maximum absolute atomic E-state index is 11.0. The lowest BCUT2D eigenvalue weighted by Crippen LogP contribution is -2.34. The Kier molecular flexibility index (Phi) is 4.70. The number of aromatic nitrogens is 2. The molecule has 2 heterocycles. The van der Waals surface area contributed by atoms with Crippen molar-refractivity contribution < 1.29 is 14.3 Å². The minimum absolute atomic E-state index is 0.108. The number of esters is 1. The van der Waals surface area contributed by atoms with Crippen LogP contribution in [-0.2, 0) is 9.53 Å². The molecule has 0 aliphatic carbocycles. The van der Waals surface area contributed by atoms with Crippen LogP contribution in [0.4, 0.5) is 0 Å². The van der Waals surface area contributed by atoms with Crippen molar-refractivity contribution in [3.05, 3.63) is 18.1 Å². The van der Waals surface area contributed by atoms with Crippen molar-refractivity contribution in [1.82, 2.24) is 15.3 Å². The zero-order valence-electron chi connectivity index (χ0n) is 10.7. The third-order valence-corrected chi connectivity index (χ3v) is 2.70. The van der Waals surface area contributed by atoms with Gasteiger partial charge in [-0.15, -0.1) is 0 Å². The van der Waals surface area contributed by atoms with Gasteiger partial charge in [0.05, 0.1) is 7.11 Å². The zero-order chi connectivity index (χ0) is 13.5. The number of carbonyl (C=O) groups is 1. The van der Waals surface area contributed by atoms with Crippen molar-refractivity contribution in [2.75, 3.05) is 20.2 Å². The molecule has 6 heteroatoms. The molecule has 1 aliphatic rings. The molecule has 0 amide bonds. The third-order valence-electron chi connectivity index (χ3n) is 2.70. The molecule has 0 saturated carbocycles. The Hall–Kier alpha value is -2.13. The van der Waals surface area contributed by atoms with Crippen LogP contribution in [-0.4, -0.2) is 42.2 Å². The average Bonchev–Trinajstić information content (AvgIpc) is 2.47. The first-order chi connectivity index (χ1) is 9.29. The largest absolute Gasteiger partial charge is 0.472 e. The van der Waals surface area contributed by atoms with Crippen molar-refractivity contribution >= 4 is 5.97 Å². The number of piperidine rings is 1. The highest BCUT2D eigenvalue weighted by atomic mass is 16.5. The summed E-state index contributed by atoms with van der Waals surface area (Å²) in [6, 6.07) is 0. The summed E-state index contributed by atoms with van der Waals surface area (Å²) in [4.78, 5) is 19.2. The van der Waals surface area contributed by atoms with Gasteiger partial charge >= 0.3 is 5.97 Å². The highest BCUT2D eigenvalue weighted by molar-refractivity contribution is 5.88. The molecular weight excluding hydrogens is 246 g/mol. The van der Waals surface area contributed by atoms with Gasteiger partial charge in [-0.3, -0.25) is 0 Å². The highest BCUT2D eigenvalue weighted by Crippen LogP contribution is 2.16. The fourth-order valence-electron chi connectivity index (χ4n) is 1.73. The molecule has 0 radical (unpaired) electrons. The maximum Gasteiger partial charge on any atom is 0.384 e. The third kappa shape index (κ3) is 3.93. The van der Waals surface area contributed by atoms with E-state index < -0.39 is 5.97 Å². The van der Waals surface area contributed by atoms with Crippen molar-refractivity contribution in [3.8, 4) is 17.7 Å². The van der Waals surface area contributed by atoms with Crippen LogP contribution >= 0.6 is 0 Å². The van der Waals surface area contributed by atoms with Gasteiger partial charge in [0, 0.05) is 18.3 Å². The van der Waals surface area contributed by atoms with Gasteiger partial charge in [0.2, 0.25) is 5.88 Å². The molecule has 100 valence electrons. The van der Waals surface area contributed by atoms with E-state index in [1.165, 1.54) is 13.3 Å². The number of methoxy groups -OCH3 is 1. The molecule has 0 atom stereocenters. The van der Waals surface area contributed by atoms with Gasteiger partial charge in [-0.1, -0.05) is 0 Å². The molecular formula is C13H15N3O3. The summed E-state index contributed by atoms with van der Waals surface area (Å²) in [6.07, 6.45) is 4.99. The lowest BCUT2D eigenvalue weighted by atomic mass is 10.1. The Bertz CT molecular complexity index is 501. The molecule has 0 bridgehead atoms. The highest BCUT2D eigenvalue weighted by Gasteiger charge is 2.16. The Morgan fingerprint density at radius 3 is 2.84 bits per heavy atom. The first-order valence-electron chi connectivity index (χ1n) is 6.08. The Morgan fingerprint density at radius 1 is 1.37 bits per heavy atom. The molecule has 1 fully saturated rings. The predicted molar refractivity (Wildman–Crippen MR) is 67.4 cm³/mol. The number of ether oxygens (including phenoxy) is 2. The Labute approximate surface area is 111 Å². The minimum Gasteiger partial charge on any atom is -0.472 e. The van der Waals surface area contributed by atoms with E-state index in [0.717, 1.165) is 25.9 Å². The summed E-state index contributed by atoms with van der Waals surface area (Å²) < 4.78 is 10.2. The van der Waals surface area contributed by atoms with Crippen molar-refractivity contribution in [2.24, 2.45) is 0 Å². The van der Waals surface area contributed by atoms with E-state index in [-0.39, 0.29) is 6.10 Å². The normalized spacial score (nSPS) is 15.2. The number of nitrogens with one attached hydrogen (secondary N) is 1. The molecule has 6 nitrogen and oxygen atoms in total. The smallest absolute Gasteiger partial charge is 0.384 e. The van der Waals surface area contributed by atoms with E-state index in [4.69, 9.17) is 4.74 Å². The van der Waals surface area contributed by atoms with Crippen LogP contribution in [0.3, 0.4) is 0 Å². The van der Waals surface area contributed by atoms with E-state index >= 15 is 0 Å². The lowest BCUT2D eigenvalue weighted by molar-refractivity contribution is -0.133. The van der Waals surface area contributed by atoms with Gasteiger partial charge in [-0.2, -0.15) is 0 Å². The number of nitrogens with zero attached hydrogens (tertiary/aromatic N) is 2. The second kappa shape index (κ2) is 6.71. The van der Waals surface area contributed by atoms with E-state index in [2.05, 4.69) is 31.9 Å². The molecule has 1 aromatic heterocycles. The SMILES string of the molecule is COC(=O)C#Cc1nccnc1OC1CCNCC1. The van der Waals surface area contributed by atoms with Gasteiger partial charge < -0.3 is 14.8 Å². The van der Waals surface area contributed by atoms with Crippen molar-refractivity contribution in [3.63, 3.8) is 0 Å². The molecule has 0 aromatic carbocycles. The summed E-state index contributed by atoms with van der Waals surface area (Å²) in [5.41, 5.74) is 0.353. The minimum atomic E-state index is -0.613. The molecule has 1 aliphatic heterocycles. The molecule has 2 rings (SSSR count). The van der Waals surface area contributed by atoms with Crippen LogP contribution in [0.25, 0.3) is 0 Å². The summed E-state index contributed by atoms with van der Waals surface area (Å²) in [7, 11) is 1.28. The van der Waals surface area contributed by atoms with Gasteiger partial charge in [-0.05, 0) is 31.9 Å². The fourth-order valence-corrected chi connectivity index (χ4v) is 1.73. The molecule has 0 unspecified atom stereocenters. The first kappa shape index (κ1) is 13.3. The van der Waals surface area contributed by atoms with Crippen LogP contribution < -0.4 is 10.1 Å². The topological polar surface area (TPSA) is 73.3 Å². The van der Waals surface area contributed by atoms with Gasteiger partial charge in [-0.25, -0.2) is 14.8 Å². The van der Waals surface area contributed by atoms with Crippen LogP contribution in [0.15, 0.2) is 12.4 Å². The Morgan fingerprint density at radius 2 is 2.11 bits per heavy atom. The second-order valence-corrected chi connectivity index (χ2v) is 4.02. The number of hydrogen-bond acceptors (Lipinski definition) is 6. The zero-order valence-corrected chi connectivity index (χ0v) is 10.7. The number of hydrogen-bond donors (Lipinski definition) is 1. The maximum atomic E-state index is 11.0. The van der Waals surface area contributed by atoms with E-state index in [0.29, 0.717) is 11.6 Å². The lowest BCUT2D eigenvalue weighted by Gasteiger charge is -2.23. The van der Waals surface area contributed by atoms with Crippen LogP contribution in [0.5, 0.6) is 5.88 Å². The summed E-state index contributed by atoms with van der Waals surface area (Å²) >= 11 is 0. The van der Waals surface area contributed by atoms with E-state index in [1.807, 2.05) is 0 Å². The van der Waals surface area contributed by atoms with Crippen LogP contribution in [0.1, 0.15) is 18.5 Å². The standard InChI is InChI=1S/C13H15N3O3/c1-18-12(17)3-2-11-13(16-9-8-15-11)19-10-4-6-14-7-5-10/h8-10,14H,4-7H2,1H3. The second-order valence-electron chi connectivity index (χ2n) is 4.02. The Balaban J connectivity index is 2.10. The van der Waals surface area contributed by atoms with Crippen LogP contribution in [0, 0.1) is 11.8 Å². The monoisotopic (exact) mass is 261 g/mol. The summed E-state index contributed by atoms with van der Waals surface area (Å²) in [6.45, 7) is 1.85.